The predicted molar refractivity (Wildman–Crippen MR) is 71.1 cm³/mol. The van der Waals surface area contributed by atoms with E-state index in [-0.39, 0.29) is 18.3 Å². The van der Waals surface area contributed by atoms with Crippen LogP contribution < -0.4 is 0 Å². The molecule has 19 heavy (non-hydrogen) atoms. The molecule has 3 nitrogen and oxygen atoms in total. The first-order chi connectivity index (χ1) is 9.19. The van der Waals surface area contributed by atoms with Gasteiger partial charge in [0.05, 0.1) is 6.42 Å². The van der Waals surface area contributed by atoms with Crippen LogP contribution in [0.4, 0.5) is 4.39 Å². The van der Waals surface area contributed by atoms with Crippen LogP contribution in [0.3, 0.4) is 0 Å². The van der Waals surface area contributed by atoms with Crippen molar-refractivity contribution in [3.63, 3.8) is 0 Å². The van der Waals surface area contributed by atoms with Crippen LogP contribution in [0.2, 0.25) is 0 Å². The minimum absolute atomic E-state index is 0.0919. The minimum atomic E-state index is -0.280. The topological polar surface area (TPSA) is 40.5 Å². The van der Waals surface area contributed by atoms with Gasteiger partial charge in [0.25, 0.3) is 0 Å². The zero-order valence-electron chi connectivity index (χ0n) is 11.0. The van der Waals surface area contributed by atoms with Crippen LogP contribution in [0.25, 0.3) is 0 Å². The second-order valence-electron chi connectivity index (χ2n) is 5.16. The second kappa shape index (κ2) is 6.66. The van der Waals surface area contributed by atoms with E-state index in [1.807, 2.05) is 4.90 Å². The molecule has 104 valence electrons. The molecule has 1 amide bonds. The number of halogens is 1. The summed E-state index contributed by atoms with van der Waals surface area (Å²) in [5.74, 6) is 0.224. The number of hydrogen-bond donors (Lipinski definition) is 1. The number of hydrogen-bond acceptors (Lipinski definition) is 2. The zero-order valence-corrected chi connectivity index (χ0v) is 11.0. The van der Waals surface area contributed by atoms with E-state index in [4.69, 9.17) is 5.11 Å². The Kier molecular flexibility index (Phi) is 4.91. The smallest absolute Gasteiger partial charge is 0.226 e. The van der Waals surface area contributed by atoms with Crippen molar-refractivity contribution in [2.75, 3.05) is 19.7 Å². The Bertz CT molecular complexity index is 417. The lowest BCUT2D eigenvalue weighted by atomic mass is 9.95. The summed E-state index contributed by atoms with van der Waals surface area (Å²) in [5.41, 5.74) is 0.843. The molecular formula is C15H20FNO2. The molecule has 1 fully saturated rings. The summed E-state index contributed by atoms with van der Waals surface area (Å²) >= 11 is 0. The summed E-state index contributed by atoms with van der Waals surface area (Å²) < 4.78 is 12.8. The fraction of sp³-hybridized carbons (Fsp3) is 0.533. The lowest BCUT2D eigenvalue weighted by Gasteiger charge is -2.32. The lowest BCUT2D eigenvalue weighted by molar-refractivity contribution is -0.132. The number of piperidine rings is 1. The number of rotatable bonds is 4. The number of likely N-dealkylation sites (tertiary alicyclic amines) is 1. The summed E-state index contributed by atoms with van der Waals surface area (Å²) in [6.45, 7) is 1.72. The molecule has 1 aromatic carbocycles. The Morgan fingerprint density at radius 3 is 2.79 bits per heavy atom. The summed E-state index contributed by atoms with van der Waals surface area (Å²) in [7, 11) is 0. The fourth-order valence-electron chi connectivity index (χ4n) is 2.60. The summed E-state index contributed by atoms with van der Waals surface area (Å²) in [6, 6.07) is 6.07. The van der Waals surface area contributed by atoms with Crippen molar-refractivity contribution in [3.8, 4) is 0 Å². The monoisotopic (exact) mass is 265 g/mol. The van der Waals surface area contributed by atoms with Gasteiger partial charge < -0.3 is 10.0 Å². The van der Waals surface area contributed by atoms with Crippen molar-refractivity contribution >= 4 is 5.91 Å². The summed E-state index contributed by atoms with van der Waals surface area (Å²) in [6.07, 6.45) is 3.17. The van der Waals surface area contributed by atoms with Crippen molar-refractivity contribution < 1.29 is 14.3 Å². The van der Waals surface area contributed by atoms with E-state index in [2.05, 4.69) is 0 Å². The molecule has 1 aromatic rings. The highest BCUT2D eigenvalue weighted by molar-refractivity contribution is 5.78. The van der Waals surface area contributed by atoms with Gasteiger partial charge in [-0.2, -0.15) is 0 Å². The third kappa shape index (κ3) is 4.03. The molecular weight excluding hydrogens is 245 g/mol. The number of amides is 1. The largest absolute Gasteiger partial charge is 0.396 e. The fourth-order valence-corrected chi connectivity index (χ4v) is 2.60. The Hall–Kier alpha value is -1.42. The Labute approximate surface area is 113 Å². The number of aliphatic hydroxyl groups excluding tert-OH is 1. The van der Waals surface area contributed by atoms with Crippen LogP contribution >= 0.6 is 0 Å². The summed E-state index contributed by atoms with van der Waals surface area (Å²) in [4.78, 5) is 14.0. The Morgan fingerprint density at radius 2 is 2.11 bits per heavy atom. The van der Waals surface area contributed by atoms with Crippen LogP contribution in [-0.2, 0) is 11.2 Å². The number of carbonyl (C=O) groups is 1. The van der Waals surface area contributed by atoms with Crippen LogP contribution in [0.5, 0.6) is 0 Å². The highest BCUT2D eigenvalue weighted by Crippen LogP contribution is 2.20. The van der Waals surface area contributed by atoms with Gasteiger partial charge in [-0.1, -0.05) is 12.1 Å². The van der Waals surface area contributed by atoms with E-state index in [0.717, 1.165) is 37.9 Å². The van der Waals surface area contributed by atoms with Crippen molar-refractivity contribution in [1.29, 1.82) is 0 Å². The van der Waals surface area contributed by atoms with E-state index in [1.165, 1.54) is 12.1 Å². The Balaban J connectivity index is 1.90. The van der Waals surface area contributed by atoms with Crippen molar-refractivity contribution in [2.24, 2.45) is 5.92 Å². The Morgan fingerprint density at radius 1 is 1.37 bits per heavy atom. The molecule has 0 aromatic heterocycles. The van der Waals surface area contributed by atoms with Crippen LogP contribution in [0, 0.1) is 11.7 Å². The normalized spacial score (nSPS) is 19.5. The molecule has 1 unspecified atom stereocenters. The third-order valence-electron chi connectivity index (χ3n) is 3.68. The molecule has 1 aliphatic rings. The molecule has 4 heteroatoms. The number of carbonyl (C=O) groups excluding carboxylic acids is 1. The SMILES string of the molecule is O=C(Cc1ccc(F)cc1)N1CCCC(CCO)C1. The molecule has 1 N–H and O–H groups in total. The number of aliphatic hydroxyl groups is 1. The maximum Gasteiger partial charge on any atom is 0.226 e. The summed E-state index contributed by atoms with van der Waals surface area (Å²) in [5, 5.41) is 8.97. The lowest BCUT2D eigenvalue weighted by Crippen LogP contribution is -2.40. The van der Waals surface area contributed by atoms with Gasteiger partial charge in [-0.25, -0.2) is 4.39 Å². The van der Waals surface area contributed by atoms with Crippen LogP contribution in [-0.4, -0.2) is 35.6 Å². The molecule has 0 saturated carbocycles. The average molecular weight is 265 g/mol. The van der Waals surface area contributed by atoms with E-state index < -0.39 is 0 Å². The van der Waals surface area contributed by atoms with Gasteiger partial charge in [-0.05, 0) is 42.9 Å². The zero-order chi connectivity index (χ0) is 13.7. The molecule has 0 bridgehead atoms. The van der Waals surface area contributed by atoms with E-state index in [9.17, 15) is 9.18 Å². The standard InChI is InChI=1S/C15H20FNO2/c16-14-5-3-12(4-6-14)10-15(19)17-8-1-2-13(11-17)7-9-18/h3-6,13,18H,1-2,7-11H2. The molecule has 1 saturated heterocycles. The van der Waals surface area contributed by atoms with Gasteiger partial charge in [-0.15, -0.1) is 0 Å². The first-order valence-electron chi connectivity index (χ1n) is 6.82. The van der Waals surface area contributed by atoms with Gasteiger partial charge in [0.15, 0.2) is 0 Å². The third-order valence-corrected chi connectivity index (χ3v) is 3.68. The molecule has 1 atom stereocenters. The maximum absolute atomic E-state index is 12.8. The van der Waals surface area contributed by atoms with E-state index in [1.54, 1.807) is 12.1 Å². The maximum atomic E-state index is 12.8. The molecule has 0 radical (unpaired) electrons. The van der Waals surface area contributed by atoms with Crippen LogP contribution in [0.1, 0.15) is 24.8 Å². The second-order valence-corrected chi connectivity index (χ2v) is 5.16. The van der Waals surface area contributed by atoms with Gasteiger partial charge in [0.2, 0.25) is 5.91 Å². The van der Waals surface area contributed by atoms with Crippen LogP contribution in [0.15, 0.2) is 24.3 Å². The van der Waals surface area contributed by atoms with Crippen molar-refractivity contribution in [3.05, 3.63) is 35.6 Å². The van der Waals surface area contributed by atoms with Gasteiger partial charge in [0, 0.05) is 19.7 Å². The van der Waals surface area contributed by atoms with Gasteiger partial charge in [-0.3, -0.25) is 4.79 Å². The first kappa shape index (κ1) is 14.0. The quantitative estimate of drug-likeness (QED) is 0.904. The van der Waals surface area contributed by atoms with Gasteiger partial charge >= 0.3 is 0 Å². The number of nitrogens with zero attached hydrogens (tertiary/aromatic N) is 1. The molecule has 1 aliphatic heterocycles. The average Bonchev–Trinajstić information content (AvgIpc) is 2.42. The molecule has 1 heterocycles. The minimum Gasteiger partial charge on any atom is -0.396 e. The first-order valence-corrected chi connectivity index (χ1v) is 6.82. The van der Waals surface area contributed by atoms with E-state index >= 15 is 0 Å². The van der Waals surface area contributed by atoms with Gasteiger partial charge in [0.1, 0.15) is 5.82 Å². The molecule has 0 aliphatic carbocycles. The highest BCUT2D eigenvalue weighted by Gasteiger charge is 2.23. The highest BCUT2D eigenvalue weighted by atomic mass is 19.1. The van der Waals surface area contributed by atoms with E-state index in [0.29, 0.717) is 12.3 Å². The number of benzene rings is 1. The molecule has 0 spiro atoms. The molecule has 2 rings (SSSR count). The predicted octanol–water partition coefficient (Wildman–Crippen LogP) is 1.99. The van der Waals surface area contributed by atoms with Crippen molar-refractivity contribution in [2.45, 2.75) is 25.7 Å². The van der Waals surface area contributed by atoms with Crippen molar-refractivity contribution in [1.82, 2.24) is 4.90 Å².